The number of aryl methyl sites for hydroxylation is 1. The minimum atomic E-state index is -0.942. The molecule has 0 spiro atoms. The lowest BCUT2D eigenvalue weighted by Crippen LogP contribution is -2.20. The van der Waals surface area contributed by atoms with E-state index in [0.717, 1.165) is 5.56 Å². The van der Waals surface area contributed by atoms with Gasteiger partial charge in [0, 0.05) is 11.4 Å². The van der Waals surface area contributed by atoms with Crippen LogP contribution in [0.2, 0.25) is 5.02 Å². The highest BCUT2D eigenvalue weighted by Gasteiger charge is 2.18. The Balaban J connectivity index is 2.37. The molecule has 0 fully saturated rings. The molecule has 1 aromatic rings. The van der Waals surface area contributed by atoms with Gasteiger partial charge in [0.15, 0.2) is 0 Å². The average Bonchev–Trinajstić information content (AvgIpc) is 2.38. The standard InChI is InChI=1S/C14H15ClO4/c1-2-19-14(18)13(17)9-12(16)8-5-10-3-6-11(15)7-4-10/h3-4,6-7H,2,5,8-9H2,1H3. The molecule has 0 radical (unpaired) electrons. The van der Waals surface area contributed by atoms with Gasteiger partial charge in [-0.1, -0.05) is 23.7 Å². The molecule has 0 aromatic heterocycles. The molecular formula is C14H15ClO4. The highest BCUT2D eigenvalue weighted by atomic mass is 35.5. The van der Waals surface area contributed by atoms with Crippen molar-refractivity contribution in [3.8, 4) is 0 Å². The first-order valence-electron chi connectivity index (χ1n) is 5.99. The summed E-state index contributed by atoms with van der Waals surface area (Å²) >= 11 is 5.74. The van der Waals surface area contributed by atoms with Gasteiger partial charge < -0.3 is 4.74 Å². The Hall–Kier alpha value is -1.68. The third kappa shape index (κ3) is 5.66. The Morgan fingerprint density at radius 2 is 1.79 bits per heavy atom. The number of ketones is 2. The lowest BCUT2D eigenvalue weighted by atomic mass is 10.0. The van der Waals surface area contributed by atoms with Gasteiger partial charge >= 0.3 is 5.97 Å². The predicted molar refractivity (Wildman–Crippen MR) is 71.0 cm³/mol. The summed E-state index contributed by atoms with van der Waals surface area (Å²) in [6.07, 6.45) is 0.339. The zero-order chi connectivity index (χ0) is 14.3. The van der Waals surface area contributed by atoms with Gasteiger partial charge in [-0.05, 0) is 31.0 Å². The van der Waals surface area contributed by atoms with Crippen LogP contribution in [0.25, 0.3) is 0 Å². The van der Waals surface area contributed by atoms with Gasteiger partial charge in [-0.25, -0.2) is 4.79 Å². The van der Waals surface area contributed by atoms with Crippen molar-refractivity contribution in [2.24, 2.45) is 0 Å². The van der Waals surface area contributed by atoms with Gasteiger partial charge in [0.2, 0.25) is 5.78 Å². The third-order valence-electron chi connectivity index (χ3n) is 2.47. The second-order valence-corrected chi connectivity index (χ2v) is 4.42. The summed E-state index contributed by atoms with van der Waals surface area (Å²) in [4.78, 5) is 33.9. The van der Waals surface area contributed by atoms with Gasteiger partial charge in [-0.15, -0.1) is 0 Å². The van der Waals surface area contributed by atoms with Crippen LogP contribution in [0.4, 0.5) is 0 Å². The van der Waals surface area contributed by atoms with E-state index >= 15 is 0 Å². The zero-order valence-corrected chi connectivity index (χ0v) is 11.4. The highest BCUT2D eigenvalue weighted by Crippen LogP contribution is 2.11. The Kier molecular flexibility index (Phi) is 6.22. The quantitative estimate of drug-likeness (QED) is 0.438. The molecule has 0 amide bonds. The third-order valence-corrected chi connectivity index (χ3v) is 2.72. The molecule has 0 bridgehead atoms. The fourth-order valence-electron chi connectivity index (χ4n) is 1.49. The van der Waals surface area contributed by atoms with E-state index in [2.05, 4.69) is 4.74 Å². The molecule has 0 atom stereocenters. The summed E-state index contributed by atoms with van der Waals surface area (Å²) in [5, 5.41) is 0.632. The first-order valence-corrected chi connectivity index (χ1v) is 6.36. The van der Waals surface area contributed by atoms with Crippen LogP contribution < -0.4 is 0 Å². The second-order valence-electron chi connectivity index (χ2n) is 3.99. The molecule has 5 heteroatoms. The summed E-state index contributed by atoms with van der Waals surface area (Å²) in [5.74, 6) is -2.00. The smallest absolute Gasteiger partial charge is 0.375 e. The number of ether oxygens (including phenoxy) is 1. The van der Waals surface area contributed by atoms with E-state index in [1.165, 1.54) is 0 Å². The molecule has 0 saturated heterocycles. The summed E-state index contributed by atoms with van der Waals surface area (Å²) in [6, 6.07) is 7.13. The summed E-state index contributed by atoms with van der Waals surface area (Å²) in [5.41, 5.74) is 0.960. The Morgan fingerprint density at radius 3 is 2.37 bits per heavy atom. The van der Waals surface area contributed by atoms with Crippen LogP contribution in [-0.4, -0.2) is 24.1 Å². The molecule has 1 rings (SSSR count). The maximum absolute atomic E-state index is 11.5. The van der Waals surface area contributed by atoms with E-state index in [1.807, 2.05) is 12.1 Å². The van der Waals surface area contributed by atoms with Gasteiger partial charge in [0.25, 0.3) is 0 Å². The van der Waals surface area contributed by atoms with Gasteiger partial charge in [-0.3, -0.25) is 9.59 Å². The summed E-state index contributed by atoms with van der Waals surface area (Å²) in [6.45, 7) is 1.73. The van der Waals surface area contributed by atoms with Crippen molar-refractivity contribution in [3.63, 3.8) is 0 Å². The van der Waals surface area contributed by atoms with Crippen LogP contribution in [0, 0.1) is 0 Å². The van der Waals surface area contributed by atoms with E-state index in [0.29, 0.717) is 11.4 Å². The van der Waals surface area contributed by atoms with Gasteiger partial charge in [0.05, 0.1) is 13.0 Å². The molecule has 0 heterocycles. The van der Waals surface area contributed by atoms with Crippen LogP contribution >= 0.6 is 11.6 Å². The number of halogens is 1. The molecule has 1 aromatic carbocycles. The molecule has 0 saturated carbocycles. The van der Waals surface area contributed by atoms with E-state index < -0.39 is 18.2 Å². The minimum absolute atomic E-state index is 0.129. The molecule has 0 N–H and O–H groups in total. The number of carbonyl (C=O) groups is 3. The number of esters is 1. The number of carbonyl (C=O) groups excluding carboxylic acids is 3. The highest BCUT2D eigenvalue weighted by molar-refractivity contribution is 6.37. The molecule has 0 aliphatic rings. The number of hydrogen-bond donors (Lipinski definition) is 0. The van der Waals surface area contributed by atoms with E-state index in [9.17, 15) is 14.4 Å². The van der Waals surface area contributed by atoms with E-state index in [-0.39, 0.29) is 18.8 Å². The Labute approximate surface area is 116 Å². The maximum Gasteiger partial charge on any atom is 0.375 e. The van der Waals surface area contributed by atoms with Crippen LogP contribution in [-0.2, 0) is 25.5 Å². The predicted octanol–water partition coefficient (Wildman–Crippen LogP) is 2.36. The van der Waals surface area contributed by atoms with Crippen molar-refractivity contribution in [1.29, 1.82) is 0 Å². The van der Waals surface area contributed by atoms with Crippen LogP contribution in [0.3, 0.4) is 0 Å². The van der Waals surface area contributed by atoms with Crippen molar-refractivity contribution in [2.75, 3.05) is 6.61 Å². The average molecular weight is 283 g/mol. The number of Topliss-reactive ketones (excluding diaryl/α,β-unsaturated/α-hetero) is 2. The number of hydrogen-bond acceptors (Lipinski definition) is 4. The number of rotatable bonds is 7. The monoisotopic (exact) mass is 282 g/mol. The molecule has 19 heavy (non-hydrogen) atoms. The summed E-state index contributed by atoms with van der Waals surface area (Å²) in [7, 11) is 0. The van der Waals surface area contributed by atoms with Crippen molar-refractivity contribution in [2.45, 2.75) is 26.2 Å². The van der Waals surface area contributed by atoms with Crippen molar-refractivity contribution in [1.82, 2.24) is 0 Å². The van der Waals surface area contributed by atoms with Crippen LogP contribution in [0.1, 0.15) is 25.3 Å². The zero-order valence-electron chi connectivity index (χ0n) is 10.6. The molecule has 4 nitrogen and oxygen atoms in total. The fourth-order valence-corrected chi connectivity index (χ4v) is 1.61. The van der Waals surface area contributed by atoms with Gasteiger partial charge in [0.1, 0.15) is 5.78 Å². The largest absolute Gasteiger partial charge is 0.460 e. The minimum Gasteiger partial charge on any atom is -0.460 e. The second kappa shape index (κ2) is 7.69. The fraction of sp³-hybridized carbons (Fsp3) is 0.357. The SMILES string of the molecule is CCOC(=O)C(=O)CC(=O)CCc1ccc(Cl)cc1. The molecule has 0 aliphatic carbocycles. The van der Waals surface area contributed by atoms with Crippen molar-refractivity contribution in [3.05, 3.63) is 34.9 Å². The lowest BCUT2D eigenvalue weighted by Gasteiger charge is -2.02. The topological polar surface area (TPSA) is 60.4 Å². The van der Waals surface area contributed by atoms with E-state index in [4.69, 9.17) is 11.6 Å². The van der Waals surface area contributed by atoms with Crippen LogP contribution in [0.15, 0.2) is 24.3 Å². The van der Waals surface area contributed by atoms with E-state index in [1.54, 1.807) is 19.1 Å². The normalized spacial score (nSPS) is 10.0. The first kappa shape index (κ1) is 15.4. The van der Waals surface area contributed by atoms with Crippen molar-refractivity contribution >= 4 is 29.1 Å². The number of benzene rings is 1. The lowest BCUT2D eigenvalue weighted by molar-refractivity contribution is -0.154. The molecule has 0 aliphatic heterocycles. The first-order chi connectivity index (χ1) is 9.02. The molecule has 102 valence electrons. The van der Waals surface area contributed by atoms with Crippen molar-refractivity contribution < 1.29 is 19.1 Å². The Morgan fingerprint density at radius 1 is 1.16 bits per heavy atom. The van der Waals surface area contributed by atoms with Crippen LogP contribution in [0.5, 0.6) is 0 Å². The molecule has 0 unspecified atom stereocenters. The summed E-state index contributed by atoms with van der Waals surface area (Å²) < 4.78 is 4.53. The maximum atomic E-state index is 11.5. The molecular weight excluding hydrogens is 268 g/mol. The Bertz CT molecular complexity index is 465. The van der Waals surface area contributed by atoms with Gasteiger partial charge in [-0.2, -0.15) is 0 Å².